The van der Waals surface area contributed by atoms with Gasteiger partial charge in [0.15, 0.2) is 0 Å². The number of fused-ring (bicyclic) bond motifs is 1. The molecule has 1 aromatic carbocycles. The van der Waals surface area contributed by atoms with Crippen LogP contribution in [0.15, 0.2) is 24.3 Å². The standard InChI is InChI=1S/C14H15NO4/c16-13(12-6-3-7-19-12)15-10-5-2-1-4-9(10)8-11(15)14(17)18/h1-2,4-5,11-12H,3,6-8H2,(H,17,18)/t11-,12?/m0/s1. The first-order valence-electron chi connectivity index (χ1n) is 6.44. The Morgan fingerprint density at radius 1 is 1.32 bits per heavy atom. The molecular weight excluding hydrogens is 246 g/mol. The van der Waals surface area contributed by atoms with Crippen molar-refractivity contribution in [2.75, 3.05) is 11.5 Å². The van der Waals surface area contributed by atoms with Crippen molar-refractivity contribution in [3.05, 3.63) is 29.8 Å². The van der Waals surface area contributed by atoms with Crippen LogP contribution in [-0.4, -0.2) is 35.7 Å². The van der Waals surface area contributed by atoms with Crippen molar-refractivity contribution in [3.8, 4) is 0 Å². The highest BCUT2D eigenvalue weighted by molar-refractivity contribution is 6.04. The number of ether oxygens (including phenoxy) is 1. The predicted molar refractivity (Wildman–Crippen MR) is 68.0 cm³/mol. The predicted octanol–water partition coefficient (Wildman–Crippen LogP) is 1.21. The van der Waals surface area contributed by atoms with Gasteiger partial charge in [-0.05, 0) is 24.5 Å². The van der Waals surface area contributed by atoms with Crippen LogP contribution in [0.3, 0.4) is 0 Å². The second-order valence-corrected chi connectivity index (χ2v) is 4.90. The number of rotatable bonds is 2. The third kappa shape index (κ3) is 2.00. The highest BCUT2D eigenvalue weighted by Gasteiger charge is 2.41. The van der Waals surface area contributed by atoms with Crippen LogP contribution in [0.5, 0.6) is 0 Å². The van der Waals surface area contributed by atoms with Crippen LogP contribution in [-0.2, 0) is 20.7 Å². The van der Waals surface area contributed by atoms with E-state index in [2.05, 4.69) is 0 Å². The fourth-order valence-electron chi connectivity index (χ4n) is 2.78. The van der Waals surface area contributed by atoms with E-state index in [0.717, 1.165) is 12.0 Å². The van der Waals surface area contributed by atoms with Crippen LogP contribution >= 0.6 is 0 Å². The molecule has 3 rings (SSSR count). The molecular formula is C14H15NO4. The number of carbonyl (C=O) groups excluding carboxylic acids is 1. The Labute approximate surface area is 110 Å². The molecule has 0 radical (unpaired) electrons. The molecule has 0 saturated carbocycles. The van der Waals surface area contributed by atoms with Gasteiger partial charge in [-0.1, -0.05) is 18.2 Å². The molecule has 2 atom stereocenters. The Bertz CT molecular complexity index is 522. The first kappa shape index (κ1) is 12.2. The van der Waals surface area contributed by atoms with Gasteiger partial charge < -0.3 is 9.84 Å². The summed E-state index contributed by atoms with van der Waals surface area (Å²) in [5.74, 6) is -1.20. The van der Waals surface area contributed by atoms with Crippen LogP contribution in [0.25, 0.3) is 0 Å². The minimum atomic E-state index is -0.970. The van der Waals surface area contributed by atoms with Gasteiger partial charge in [0.2, 0.25) is 0 Å². The van der Waals surface area contributed by atoms with Crippen molar-refractivity contribution in [2.24, 2.45) is 0 Å². The van der Waals surface area contributed by atoms with E-state index in [1.54, 1.807) is 6.07 Å². The summed E-state index contributed by atoms with van der Waals surface area (Å²) in [6.45, 7) is 0.573. The molecule has 19 heavy (non-hydrogen) atoms. The maximum Gasteiger partial charge on any atom is 0.327 e. The van der Waals surface area contributed by atoms with Gasteiger partial charge in [0, 0.05) is 18.7 Å². The molecule has 5 heteroatoms. The molecule has 2 aliphatic heterocycles. The Morgan fingerprint density at radius 2 is 2.11 bits per heavy atom. The number of amides is 1. The topological polar surface area (TPSA) is 66.8 Å². The van der Waals surface area contributed by atoms with Crippen LogP contribution in [0.1, 0.15) is 18.4 Å². The molecule has 0 spiro atoms. The molecule has 0 aromatic heterocycles. The summed E-state index contributed by atoms with van der Waals surface area (Å²) in [6, 6.07) is 6.53. The maximum absolute atomic E-state index is 12.5. The van der Waals surface area contributed by atoms with Gasteiger partial charge >= 0.3 is 5.97 Å². The zero-order chi connectivity index (χ0) is 13.4. The summed E-state index contributed by atoms with van der Waals surface area (Å²) in [5, 5.41) is 9.31. The summed E-state index contributed by atoms with van der Waals surface area (Å²) >= 11 is 0. The molecule has 1 fully saturated rings. The number of carboxylic acid groups (broad SMARTS) is 1. The van der Waals surface area contributed by atoms with Gasteiger partial charge in [-0.15, -0.1) is 0 Å². The van der Waals surface area contributed by atoms with Crippen molar-refractivity contribution >= 4 is 17.6 Å². The Morgan fingerprint density at radius 3 is 2.79 bits per heavy atom. The van der Waals surface area contributed by atoms with Crippen molar-refractivity contribution in [1.29, 1.82) is 0 Å². The fourth-order valence-corrected chi connectivity index (χ4v) is 2.78. The van der Waals surface area contributed by atoms with E-state index in [-0.39, 0.29) is 5.91 Å². The lowest BCUT2D eigenvalue weighted by atomic mass is 10.1. The monoisotopic (exact) mass is 261 g/mol. The lowest BCUT2D eigenvalue weighted by Crippen LogP contribution is -2.47. The van der Waals surface area contributed by atoms with Crippen LogP contribution in [0.2, 0.25) is 0 Å². The largest absolute Gasteiger partial charge is 0.480 e. The minimum Gasteiger partial charge on any atom is -0.480 e. The van der Waals surface area contributed by atoms with Crippen molar-refractivity contribution in [1.82, 2.24) is 0 Å². The van der Waals surface area contributed by atoms with Gasteiger partial charge in [-0.2, -0.15) is 0 Å². The van der Waals surface area contributed by atoms with Gasteiger partial charge in [0.05, 0.1) is 0 Å². The van der Waals surface area contributed by atoms with Crippen molar-refractivity contribution in [3.63, 3.8) is 0 Å². The van der Waals surface area contributed by atoms with E-state index < -0.39 is 18.1 Å². The first-order chi connectivity index (χ1) is 9.18. The van der Waals surface area contributed by atoms with E-state index >= 15 is 0 Å². The Hall–Kier alpha value is -1.88. The molecule has 1 saturated heterocycles. The van der Waals surface area contributed by atoms with Crippen LogP contribution < -0.4 is 4.90 Å². The van der Waals surface area contributed by atoms with E-state index in [4.69, 9.17) is 4.74 Å². The Balaban J connectivity index is 1.95. The van der Waals surface area contributed by atoms with E-state index in [1.165, 1.54) is 4.90 Å². The number of carboxylic acids is 1. The number of para-hydroxylation sites is 1. The number of nitrogens with zero attached hydrogens (tertiary/aromatic N) is 1. The molecule has 1 N–H and O–H groups in total. The minimum absolute atomic E-state index is 0.227. The summed E-state index contributed by atoms with van der Waals surface area (Å²) in [6.07, 6.45) is 1.39. The summed E-state index contributed by atoms with van der Waals surface area (Å²) in [7, 11) is 0. The average Bonchev–Trinajstić information content (AvgIpc) is 3.05. The zero-order valence-corrected chi connectivity index (χ0v) is 10.4. The molecule has 2 aliphatic rings. The maximum atomic E-state index is 12.5. The summed E-state index contributed by atoms with van der Waals surface area (Å²) in [4.78, 5) is 25.2. The molecule has 1 aromatic rings. The lowest BCUT2D eigenvalue weighted by molar-refractivity contribution is -0.141. The molecule has 100 valence electrons. The molecule has 2 heterocycles. The SMILES string of the molecule is O=C(O)[C@@H]1Cc2ccccc2N1C(=O)C1CCCO1. The smallest absolute Gasteiger partial charge is 0.327 e. The highest BCUT2D eigenvalue weighted by atomic mass is 16.5. The summed E-state index contributed by atoms with van der Waals surface area (Å²) < 4.78 is 5.39. The number of hydrogen-bond donors (Lipinski definition) is 1. The zero-order valence-electron chi connectivity index (χ0n) is 10.4. The first-order valence-corrected chi connectivity index (χ1v) is 6.44. The third-order valence-electron chi connectivity index (χ3n) is 3.70. The quantitative estimate of drug-likeness (QED) is 0.869. The van der Waals surface area contributed by atoms with Gasteiger partial charge in [0.25, 0.3) is 5.91 Å². The molecule has 5 nitrogen and oxygen atoms in total. The van der Waals surface area contributed by atoms with E-state index in [1.807, 2.05) is 18.2 Å². The molecule has 0 aliphatic carbocycles. The fraction of sp³-hybridized carbons (Fsp3) is 0.429. The van der Waals surface area contributed by atoms with Gasteiger partial charge in [-0.3, -0.25) is 9.69 Å². The number of anilines is 1. The molecule has 1 unspecified atom stereocenters. The third-order valence-corrected chi connectivity index (χ3v) is 3.70. The Kier molecular flexibility index (Phi) is 2.98. The number of benzene rings is 1. The highest BCUT2D eigenvalue weighted by Crippen LogP contribution is 2.33. The van der Waals surface area contributed by atoms with Crippen molar-refractivity contribution < 1.29 is 19.4 Å². The second-order valence-electron chi connectivity index (χ2n) is 4.90. The van der Waals surface area contributed by atoms with Crippen molar-refractivity contribution in [2.45, 2.75) is 31.4 Å². The summed E-state index contributed by atoms with van der Waals surface area (Å²) in [5.41, 5.74) is 1.61. The lowest BCUT2D eigenvalue weighted by Gasteiger charge is -2.25. The van der Waals surface area contributed by atoms with Crippen LogP contribution in [0.4, 0.5) is 5.69 Å². The normalized spacial score (nSPS) is 25.4. The number of carbonyl (C=O) groups is 2. The number of aliphatic carboxylic acids is 1. The average molecular weight is 261 g/mol. The van der Waals surface area contributed by atoms with E-state index in [9.17, 15) is 14.7 Å². The van der Waals surface area contributed by atoms with Gasteiger partial charge in [0.1, 0.15) is 12.1 Å². The van der Waals surface area contributed by atoms with Gasteiger partial charge in [-0.25, -0.2) is 4.79 Å². The van der Waals surface area contributed by atoms with E-state index in [0.29, 0.717) is 25.1 Å². The van der Waals surface area contributed by atoms with Crippen LogP contribution in [0, 0.1) is 0 Å². The second kappa shape index (κ2) is 4.66. The number of hydrogen-bond acceptors (Lipinski definition) is 3. The molecule has 0 bridgehead atoms. The molecule has 1 amide bonds.